The molecule has 0 aliphatic heterocycles. The van der Waals surface area contributed by atoms with Crippen LogP contribution in [0.25, 0.3) is 0 Å². The molecule has 0 spiro atoms. The minimum atomic E-state index is -0.366. The van der Waals surface area contributed by atoms with Crippen LogP contribution in [0.4, 0.5) is 5.82 Å². The molecule has 0 bridgehead atoms. The van der Waals surface area contributed by atoms with Crippen molar-refractivity contribution in [3.05, 3.63) is 18.1 Å². The monoisotopic (exact) mass is 183 g/mol. The second kappa shape index (κ2) is 4.74. The average Bonchev–Trinajstić information content (AvgIpc) is 2.14. The summed E-state index contributed by atoms with van der Waals surface area (Å²) in [5.74, 6) is 0.612. The van der Waals surface area contributed by atoms with Crippen molar-refractivity contribution in [2.45, 2.75) is 13.0 Å². The largest absolute Gasteiger partial charge is 0.394 e. The third-order valence-corrected chi connectivity index (χ3v) is 1.60. The fourth-order valence-electron chi connectivity index (χ4n) is 0.892. The van der Waals surface area contributed by atoms with Gasteiger partial charge in [-0.1, -0.05) is 0 Å². The molecule has 0 aromatic carbocycles. The second-order valence-electron chi connectivity index (χ2n) is 2.75. The number of nitrogens with one attached hydrogen (secondary N) is 1. The fraction of sp³-hybridized carbons (Fsp3) is 0.500. The first-order valence-corrected chi connectivity index (χ1v) is 4.03. The number of aromatic nitrogens is 2. The van der Waals surface area contributed by atoms with Gasteiger partial charge in [0.05, 0.1) is 19.3 Å². The van der Waals surface area contributed by atoms with Crippen molar-refractivity contribution in [2.24, 2.45) is 0 Å². The molecule has 1 rings (SSSR count). The van der Waals surface area contributed by atoms with Gasteiger partial charge in [0.15, 0.2) is 0 Å². The molecule has 0 aliphatic carbocycles. The Hall–Kier alpha value is -1.20. The zero-order valence-electron chi connectivity index (χ0n) is 7.44. The SMILES string of the molecule is Cc1cc(NC(CO)CO)ncn1. The Labute approximate surface area is 76.5 Å². The Kier molecular flexibility index (Phi) is 3.60. The minimum absolute atomic E-state index is 0.125. The third-order valence-electron chi connectivity index (χ3n) is 1.60. The number of hydrogen-bond acceptors (Lipinski definition) is 5. The lowest BCUT2D eigenvalue weighted by molar-refractivity contribution is 0.203. The molecule has 0 saturated carbocycles. The summed E-state index contributed by atoms with van der Waals surface area (Å²) in [6.07, 6.45) is 1.43. The molecule has 0 amide bonds. The average molecular weight is 183 g/mol. The van der Waals surface area contributed by atoms with Gasteiger partial charge >= 0.3 is 0 Å². The van der Waals surface area contributed by atoms with Gasteiger partial charge in [-0.05, 0) is 6.92 Å². The first-order valence-electron chi connectivity index (χ1n) is 4.03. The predicted molar refractivity (Wildman–Crippen MR) is 48.4 cm³/mol. The van der Waals surface area contributed by atoms with E-state index in [2.05, 4.69) is 15.3 Å². The summed E-state index contributed by atoms with van der Waals surface area (Å²) in [5.41, 5.74) is 0.840. The van der Waals surface area contributed by atoms with Gasteiger partial charge in [0.1, 0.15) is 12.1 Å². The van der Waals surface area contributed by atoms with Crippen molar-refractivity contribution in [2.75, 3.05) is 18.5 Å². The van der Waals surface area contributed by atoms with E-state index in [1.165, 1.54) is 6.33 Å². The summed E-state index contributed by atoms with van der Waals surface area (Å²) >= 11 is 0. The highest BCUT2D eigenvalue weighted by atomic mass is 16.3. The summed E-state index contributed by atoms with van der Waals surface area (Å²) in [7, 11) is 0. The first kappa shape index (κ1) is 9.88. The molecule has 1 aromatic rings. The number of aliphatic hydroxyl groups is 2. The second-order valence-corrected chi connectivity index (χ2v) is 2.75. The molecule has 5 nitrogen and oxygen atoms in total. The normalized spacial score (nSPS) is 10.5. The predicted octanol–water partition coefficient (Wildman–Crippen LogP) is -0.450. The molecule has 0 radical (unpaired) electrons. The number of anilines is 1. The quantitative estimate of drug-likeness (QED) is 0.589. The highest BCUT2D eigenvalue weighted by molar-refractivity contribution is 5.35. The maximum atomic E-state index is 8.79. The van der Waals surface area contributed by atoms with E-state index >= 15 is 0 Å². The summed E-state index contributed by atoms with van der Waals surface area (Å²) in [6, 6.07) is 1.38. The zero-order valence-corrected chi connectivity index (χ0v) is 7.44. The maximum absolute atomic E-state index is 8.79. The first-order chi connectivity index (χ1) is 6.26. The molecule has 0 unspecified atom stereocenters. The van der Waals surface area contributed by atoms with Crippen LogP contribution in [0.5, 0.6) is 0 Å². The lowest BCUT2D eigenvalue weighted by atomic mass is 10.3. The molecule has 13 heavy (non-hydrogen) atoms. The highest BCUT2D eigenvalue weighted by Crippen LogP contribution is 2.03. The Morgan fingerprint density at radius 2 is 2.08 bits per heavy atom. The van der Waals surface area contributed by atoms with E-state index in [9.17, 15) is 0 Å². The zero-order chi connectivity index (χ0) is 9.68. The lowest BCUT2D eigenvalue weighted by Gasteiger charge is -2.13. The minimum Gasteiger partial charge on any atom is -0.394 e. The number of aryl methyl sites for hydroxylation is 1. The molecule has 72 valence electrons. The molecule has 0 atom stereocenters. The molecule has 0 saturated heterocycles. The van der Waals surface area contributed by atoms with E-state index in [-0.39, 0.29) is 19.3 Å². The molecule has 5 heteroatoms. The van der Waals surface area contributed by atoms with E-state index in [0.29, 0.717) is 5.82 Å². The molecule has 0 fully saturated rings. The third kappa shape index (κ3) is 2.96. The van der Waals surface area contributed by atoms with Gasteiger partial charge < -0.3 is 15.5 Å². The Morgan fingerprint density at radius 1 is 1.38 bits per heavy atom. The Morgan fingerprint density at radius 3 is 2.62 bits per heavy atom. The fourth-order valence-corrected chi connectivity index (χ4v) is 0.892. The maximum Gasteiger partial charge on any atom is 0.129 e. The van der Waals surface area contributed by atoms with Crippen LogP contribution in [0.3, 0.4) is 0 Å². The number of hydrogen-bond donors (Lipinski definition) is 3. The van der Waals surface area contributed by atoms with E-state index in [1.807, 2.05) is 6.92 Å². The molecule has 0 aliphatic rings. The summed E-state index contributed by atoms with van der Waals surface area (Å²) in [5, 5.41) is 20.4. The Bertz CT molecular complexity index is 263. The topological polar surface area (TPSA) is 78.3 Å². The Balaban J connectivity index is 2.62. The van der Waals surface area contributed by atoms with Gasteiger partial charge in [-0.3, -0.25) is 0 Å². The van der Waals surface area contributed by atoms with Crippen LogP contribution in [-0.4, -0.2) is 39.4 Å². The molecule has 1 aromatic heterocycles. The van der Waals surface area contributed by atoms with E-state index < -0.39 is 0 Å². The highest BCUT2D eigenvalue weighted by Gasteiger charge is 2.05. The smallest absolute Gasteiger partial charge is 0.129 e. The van der Waals surface area contributed by atoms with Crippen molar-refractivity contribution in [3.63, 3.8) is 0 Å². The van der Waals surface area contributed by atoms with Crippen LogP contribution in [0.15, 0.2) is 12.4 Å². The van der Waals surface area contributed by atoms with Gasteiger partial charge in [-0.15, -0.1) is 0 Å². The van der Waals surface area contributed by atoms with Crippen LogP contribution in [-0.2, 0) is 0 Å². The summed E-state index contributed by atoms with van der Waals surface area (Å²) < 4.78 is 0. The molecule has 1 heterocycles. The molecular weight excluding hydrogens is 170 g/mol. The van der Waals surface area contributed by atoms with Crippen LogP contribution in [0.1, 0.15) is 5.69 Å². The number of aliphatic hydroxyl groups excluding tert-OH is 2. The van der Waals surface area contributed by atoms with Crippen LogP contribution in [0, 0.1) is 6.92 Å². The van der Waals surface area contributed by atoms with Crippen molar-refractivity contribution >= 4 is 5.82 Å². The van der Waals surface area contributed by atoms with Gasteiger partial charge in [-0.25, -0.2) is 9.97 Å². The van der Waals surface area contributed by atoms with Crippen molar-refractivity contribution < 1.29 is 10.2 Å². The number of rotatable bonds is 4. The standard InChI is InChI=1S/C8H13N3O2/c1-6-2-8(10-5-9-6)11-7(3-12)4-13/h2,5,7,12-13H,3-4H2,1H3,(H,9,10,11). The van der Waals surface area contributed by atoms with Gasteiger partial charge in [-0.2, -0.15) is 0 Å². The van der Waals surface area contributed by atoms with E-state index in [1.54, 1.807) is 6.07 Å². The molecular formula is C8H13N3O2. The number of nitrogens with zero attached hydrogens (tertiary/aromatic N) is 2. The summed E-state index contributed by atoms with van der Waals surface area (Å²) in [6.45, 7) is 1.60. The van der Waals surface area contributed by atoms with Gasteiger partial charge in [0.2, 0.25) is 0 Å². The van der Waals surface area contributed by atoms with E-state index in [0.717, 1.165) is 5.69 Å². The van der Waals surface area contributed by atoms with Crippen LogP contribution < -0.4 is 5.32 Å². The van der Waals surface area contributed by atoms with Crippen LogP contribution >= 0.6 is 0 Å². The summed E-state index contributed by atoms with van der Waals surface area (Å²) in [4.78, 5) is 7.85. The van der Waals surface area contributed by atoms with Crippen molar-refractivity contribution in [1.82, 2.24) is 9.97 Å². The van der Waals surface area contributed by atoms with Gasteiger partial charge in [0, 0.05) is 11.8 Å². The van der Waals surface area contributed by atoms with Gasteiger partial charge in [0.25, 0.3) is 0 Å². The van der Waals surface area contributed by atoms with E-state index in [4.69, 9.17) is 10.2 Å². The van der Waals surface area contributed by atoms with Crippen molar-refractivity contribution in [1.29, 1.82) is 0 Å². The van der Waals surface area contributed by atoms with Crippen molar-refractivity contribution in [3.8, 4) is 0 Å². The lowest BCUT2D eigenvalue weighted by Crippen LogP contribution is -2.28. The van der Waals surface area contributed by atoms with Crippen LogP contribution in [0.2, 0.25) is 0 Å². The molecule has 3 N–H and O–H groups in total.